The van der Waals surface area contributed by atoms with Crippen molar-refractivity contribution in [2.45, 2.75) is 0 Å². The van der Waals surface area contributed by atoms with Crippen molar-refractivity contribution in [1.82, 2.24) is 0 Å². The molecule has 0 atom stereocenters. The lowest BCUT2D eigenvalue weighted by molar-refractivity contribution is 0.0552. The summed E-state index contributed by atoms with van der Waals surface area (Å²) in [6.45, 7) is -0.171. The van der Waals surface area contributed by atoms with E-state index in [1.807, 2.05) is 0 Å². The van der Waals surface area contributed by atoms with Crippen LogP contribution in [0.3, 0.4) is 0 Å². The average molecular weight is 255 g/mol. The molecule has 0 amide bonds. The number of benzene rings is 1. The molecule has 6 heteroatoms. The van der Waals surface area contributed by atoms with E-state index in [0.717, 1.165) is 0 Å². The second-order valence-electron chi connectivity index (χ2n) is 3.14. The van der Waals surface area contributed by atoms with Gasteiger partial charge < -0.3 is 9.47 Å². The number of terminal acetylenes is 2. The smallest absolute Gasteiger partial charge is 0.342 e. The van der Waals surface area contributed by atoms with Gasteiger partial charge in [-0.15, -0.1) is 12.8 Å². The highest BCUT2D eigenvalue weighted by atomic mass is 16.5. The fraction of sp³-hybridized carbons (Fsp3) is 0.154. The van der Waals surface area contributed by atoms with E-state index >= 15 is 0 Å². The predicted molar refractivity (Wildman–Crippen MR) is 68.7 cm³/mol. The highest BCUT2D eigenvalue weighted by Crippen LogP contribution is 2.25. The largest absolute Gasteiger partial charge is 0.480 e. The summed E-state index contributed by atoms with van der Waals surface area (Å²) in [5.41, 5.74) is 8.71. The van der Waals surface area contributed by atoms with Crippen molar-refractivity contribution in [1.29, 1.82) is 0 Å². The Morgan fingerprint density at radius 3 is 2.74 bits per heavy atom. The zero-order chi connectivity index (χ0) is 14.1. The zero-order valence-corrected chi connectivity index (χ0v) is 9.87. The first-order valence-electron chi connectivity index (χ1n) is 5.09. The number of carbonyl (C=O) groups is 1. The van der Waals surface area contributed by atoms with Crippen molar-refractivity contribution in [2.75, 3.05) is 13.2 Å². The van der Waals surface area contributed by atoms with Crippen LogP contribution in [-0.4, -0.2) is 19.2 Å². The van der Waals surface area contributed by atoms with Crippen LogP contribution in [0.5, 0.6) is 5.75 Å². The van der Waals surface area contributed by atoms with E-state index in [0.29, 0.717) is 0 Å². The maximum Gasteiger partial charge on any atom is 0.342 e. The summed E-state index contributed by atoms with van der Waals surface area (Å²) in [7, 11) is 0. The molecule has 0 N–H and O–H groups in total. The van der Waals surface area contributed by atoms with Crippen LogP contribution in [0.15, 0.2) is 23.3 Å². The number of esters is 1. The van der Waals surface area contributed by atoms with Crippen molar-refractivity contribution in [2.24, 2.45) is 5.11 Å². The van der Waals surface area contributed by atoms with Gasteiger partial charge in [0.25, 0.3) is 0 Å². The lowest BCUT2D eigenvalue weighted by atomic mass is 10.2. The SMILES string of the molecule is C#CCOC(=O)c1cc(N=[N+]=[N-])ccc1OCC#C. The first kappa shape index (κ1) is 14.0. The normalized spacial score (nSPS) is 8.53. The van der Waals surface area contributed by atoms with E-state index in [-0.39, 0.29) is 30.2 Å². The molecular formula is C13H9N3O3. The Kier molecular flexibility index (Phi) is 5.36. The van der Waals surface area contributed by atoms with Crippen LogP contribution in [0.2, 0.25) is 0 Å². The van der Waals surface area contributed by atoms with Crippen LogP contribution in [0.25, 0.3) is 10.4 Å². The van der Waals surface area contributed by atoms with Crippen molar-refractivity contribution in [3.05, 3.63) is 34.2 Å². The van der Waals surface area contributed by atoms with Crippen LogP contribution in [0, 0.1) is 24.7 Å². The minimum Gasteiger partial charge on any atom is -0.480 e. The van der Waals surface area contributed by atoms with Gasteiger partial charge in [0.15, 0.2) is 6.61 Å². The number of hydrogen-bond acceptors (Lipinski definition) is 4. The third-order valence-electron chi connectivity index (χ3n) is 1.94. The van der Waals surface area contributed by atoms with E-state index in [9.17, 15) is 4.79 Å². The molecule has 0 unspecified atom stereocenters. The minimum absolute atomic E-state index is 0.00369. The standard InChI is InChI=1S/C13H9N3O3/c1-3-7-18-12-6-5-10(15-16-14)9-11(12)13(17)19-8-4-2/h1-2,5-6,9H,7-8H2. The predicted octanol–water partition coefficient (Wildman–Crippen LogP) is 2.43. The fourth-order valence-electron chi connectivity index (χ4n) is 1.22. The van der Waals surface area contributed by atoms with E-state index in [2.05, 4.69) is 21.9 Å². The summed E-state index contributed by atoms with van der Waals surface area (Å²) in [4.78, 5) is 14.4. The van der Waals surface area contributed by atoms with Gasteiger partial charge >= 0.3 is 5.97 Å². The number of nitrogens with zero attached hydrogens (tertiary/aromatic N) is 3. The quantitative estimate of drug-likeness (QED) is 0.266. The van der Waals surface area contributed by atoms with Crippen LogP contribution in [0.1, 0.15) is 10.4 Å². The third-order valence-corrected chi connectivity index (χ3v) is 1.94. The lowest BCUT2D eigenvalue weighted by Gasteiger charge is -2.09. The Balaban J connectivity index is 3.10. The van der Waals surface area contributed by atoms with Crippen LogP contribution in [0.4, 0.5) is 5.69 Å². The second kappa shape index (κ2) is 7.29. The van der Waals surface area contributed by atoms with Crippen LogP contribution in [-0.2, 0) is 4.74 Å². The molecule has 0 saturated heterocycles. The summed E-state index contributed by atoms with van der Waals surface area (Å²) in [5, 5.41) is 3.39. The van der Waals surface area contributed by atoms with Crippen molar-refractivity contribution in [3.63, 3.8) is 0 Å². The van der Waals surface area contributed by atoms with Gasteiger partial charge in [-0.25, -0.2) is 4.79 Å². The first-order valence-corrected chi connectivity index (χ1v) is 5.09. The van der Waals surface area contributed by atoms with E-state index < -0.39 is 5.97 Å². The maximum absolute atomic E-state index is 11.8. The summed E-state index contributed by atoms with van der Waals surface area (Å²) in [6.07, 6.45) is 10.1. The Bertz CT molecular complexity index is 605. The van der Waals surface area contributed by atoms with E-state index in [1.54, 1.807) is 0 Å². The molecule has 0 aliphatic rings. The molecule has 94 valence electrons. The molecule has 1 rings (SSSR count). The van der Waals surface area contributed by atoms with Crippen molar-refractivity contribution < 1.29 is 14.3 Å². The Hall–Kier alpha value is -3.08. The Labute approximate surface area is 110 Å². The van der Waals surface area contributed by atoms with Gasteiger partial charge in [0.2, 0.25) is 0 Å². The molecular weight excluding hydrogens is 246 g/mol. The van der Waals surface area contributed by atoms with Crippen LogP contribution >= 0.6 is 0 Å². The van der Waals surface area contributed by atoms with Gasteiger partial charge in [-0.1, -0.05) is 17.0 Å². The van der Waals surface area contributed by atoms with E-state index in [4.69, 9.17) is 27.9 Å². The third kappa shape index (κ3) is 4.01. The molecule has 0 heterocycles. The van der Waals surface area contributed by atoms with Crippen molar-refractivity contribution >= 4 is 11.7 Å². The molecule has 19 heavy (non-hydrogen) atoms. The highest BCUT2D eigenvalue weighted by molar-refractivity contribution is 5.93. The fourth-order valence-corrected chi connectivity index (χ4v) is 1.22. The summed E-state index contributed by atoms with van der Waals surface area (Å²) in [6, 6.07) is 4.29. The maximum atomic E-state index is 11.8. The van der Waals surface area contributed by atoms with Gasteiger partial charge in [-0.2, -0.15) is 0 Å². The molecule has 0 aliphatic carbocycles. The average Bonchev–Trinajstić information content (AvgIpc) is 2.43. The summed E-state index contributed by atoms with van der Waals surface area (Å²) in [5.74, 6) is 4.00. The monoisotopic (exact) mass is 255 g/mol. The Morgan fingerprint density at radius 1 is 1.37 bits per heavy atom. The van der Waals surface area contributed by atoms with E-state index in [1.165, 1.54) is 18.2 Å². The number of azide groups is 1. The summed E-state index contributed by atoms with van der Waals surface area (Å²) >= 11 is 0. The minimum atomic E-state index is -0.681. The van der Waals surface area contributed by atoms with Gasteiger partial charge in [0.05, 0.1) is 0 Å². The second-order valence-corrected chi connectivity index (χ2v) is 3.14. The molecule has 0 saturated carbocycles. The van der Waals surface area contributed by atoms with Gasteiger partial charge in [-0.3, -0.25) is 0 Å². The topological polar surface area (TPSA) is 84.3 Å². The lowest BCUT2D eigenvalue weighted by Crippen LogP contribution is -2.08. The zero-order valence-electron chi connectivity index (χ0n) is 9.87. The molecule has 0 aromatic heterocycles. The first-order chi connectivity index (χ1) is 9.22. The molecule has 0 bridgehead atoms. The molecule has 1 aromatic carbocycles. The molecule has 0 aliphatic heterocycles. The number of hydrogen-bond donors (Lipinski definition) is 0. The van der Waals surface area contributed by atoms with Gasteiger partial charge in [0, 0.05) is 10.6 Å². The highest BCUT2D eigenvalue weighted by Gasteiger charge is 2.14. The number of carbonyl (C=O) groups excluding carboxylic acids is 1. The molecule has 6 nitrogen and oxygen atoms in total. The molecule has 1 aromatic rings. The van der Waals surface area contributed by atoms with Gasteiger partial charge in [-0.05, 0) is 23.7 Å². The number of rotatable bonds is 5. The van der Waals surface area contributed by atoms with Crippen molar-refractivity contribution in [3.8, 4) is 30.4 Å². The molecule has 0 radical (unpaired) electrons. The molecule has 0 spiro atoms. The van der Waals surface area contributed by atoms with Crippen LogP contribution < -0.4 is 4.74 Å². The number of ether oxygens (including phenoxy) is 2. The Morgan fingerprint density at radius 2 is 2.11 bits per heavy atom. The molecule has 0 fully saturated rings. The summed E-state index contributed by atoms with van der Waals surface area (Å²) < 4.78 is 9.99. The van der Waals surface area contributed by atoms with Gasteiger partial charge in [0.1, 0.15) is 17.9 Å².